The molecule has 12 rings (SSSR count). The highest BCUT2D eigenvalue weighted by Crippen LogP contribution is 2.51. The molecule has 60 heavy (non-hydrogen) atoms. The average molecular weight is 782 g/mol. The van der Waals surface area contributed by atoms with E-state index in [0.29, 0.717) is 0 Å². The maximum atomic E-state index is 2.51. The van der Waals surface area contributed by atoms with Gasteiger partial charge in [-0.2, -0.15) is 0 Å². The summed E-state index contributed by atoms with van der Waals surface area (Å²) in [5, 5.41) is 15.1. The number of benzene rings is 11. The molecular weight excluding hydrogens is 743 g/mol. The Morgan fingerprint density at radius 3 is 1.20 bits per heavy atom. The summed E-state index contributed by atoms with van der Waals surface area (Å²) in [5.41, 5.74) is 11.1. The standard InChI is InChI=1S/C58H39NS/c1-36-30-33-52(41-19-6-3-16-38(36)41)59(53-34-31-37(2)39-17-4-7-20-42(39)53)54-35-32-49(40-18-5-8-21-43(40)54)56-45-23-9-11-25-47(45)57(48-26-12-10-24-46(48)56)51-28-15-27-50-44-22-13-14-29-55(44)60-58(50)51/h3-35H,1-2H3. The van der Waals surface area contributed by atoms with E-state index in [1.807, 2.05) is 11.3 Å². The second-order valence-electron chi connectivity index (χ2n) is 16.0. The van der Waals surface area contributed by atoms with E-state index in [-0.39, 0.29) is 0 Å². The molecule has 1 nitrogen and oxygen atoms in total. The predicted molar refractivity (Wildman–Crippen MR) is 262 cm³/mol. The van der Waals surface area contributed by atoms with Crippen LogP contribution >= 0.6 is 11.3 Å². The van der Waals surface area contributed by atoms with Crippen molar-refractivity contribution in [2.75, 3.05) is 4.90 Å². The SMILES string of the molecule is Cc1ccc(N(c2ccc(C)c3ccccc23)c2ccc(-c3c4ccccc4c(-c4cccc5c4sc4ccccc45)c4ccccc34)c3ccccc23)c2ccccc12. The van der Waals surface area contributed by atoms with E-state index in [9.17, 15) is 0 Å². The van der Waals surface area contributed by atoms with E-state index in [2.05, 4.69) is 219 Å². The third-order valence-corrected chi connectivity index (χ3v) is 14.0. The van der Waals surface area contributed by atoms with Crippen LogP contribution in [-0.4, -0.2) is 0 Å². The van der Waals surface area contributed by atoms with Crippen molar-refractivity contribution in [3.8, 4) is 22.3 Å². The van der Waals surface area contributed by atoms with Crippen LogP contribution in [0.3, 0.4) is 0 Å². The van der Waals surface area contributed by atoms with Crippen LogP contribution in [0.15, 0.2) is 200 Å². The monoisotopic (exact) mass is 781 g/mol. The van der Waals surface area contributed by atoms with Crippen LogP contribution in [0, 0.1) is 13.8 Å². The van der Waals surface area contributed by atoms with Gasteiger partial charge in [-0.25, -0.2) is 0 Å². The third-order valence-electron chi connectivity index (χ3n) is 12.7. The van der Waals surface area contributed by atoms with Crippen LogP contribution in [-0.2, 0) is 0 Å². The van der Waals surface area contributed by atoms with Crippen LogP contribution in [0.25, 0.3) is 96.3 Å². The molecule has 1 heterocycles. The van der Waals surface area contributed by atoms with Crippen LogP contribution in [0.5, 0.6) is 0 Å². The van der Waals surface area contributed by atoms with E-state index >= 15 is 0 Å². The zero-order chi connectivity index (χ0) is 39.9. The van der Waals surface area contributed by atoms with Gasteiger partial charge in [0.2, 0.25) is 0 Å². The number of rotatable bonds is 5. The Balaban J connectivity index is 1.16. The van der Waals surface area contributed by atoms with Gasteiger partial charge in [0.1, 0.15) is 0 Å². The number of hydrogen-bond donors (Lipinski definition) is 0. The third kappa shape index (κ3) is 5.18. The number of anilines is 3. The molecule has 0 aliphatic carbocycles. The molecule has 0 bridgehead atoms. The van der Waals surface area contributed by atoms with E-state index in [1.54, 1.807) is 0 Å². The Bertz CT molecular complexity index is 3560. The van der Waals surface area contributed by atoms with Gasteiger partial charge in [-0.3, -0.25) is 0 Å². The maximum absolute atomic E-state index is 2.51. The summed E-state index contributed by atoms with van der Waals surface area (Å²) in [5.74, 6) is 0. The highest BCUT2D eigenvalue weighted by molar-refractivity contribution is 7.26. The molecule has 11 aromatic carbocycles. The van der Waals surface area contributed by atoms with Crippen molar-refractivity contribution in [2.24, 2.45) is 0 Å². The average Bonchev–Trinajstić information content (AvgIpc) is 3.69. The van der Waals surface area contributed by atoms with Gasteiger partial charge in [0.05, 0.1) is 17.1 Å². The van der Waals surface area contributed by atoms with Gasteiger partial charge in [-0.05, 0) is 104 Å². The normalized spacial score (nSPS) is 11.8. The van der Waals surface area contributed by atoms with Crippen molar-refractivity contribution in [3.05, 3.63) is 211 Å². The number of hydrogen-bond acceptors (Lipinski definition) is 2. The van der Waals surface area contributed by atoms with Gasteiger partial charge in [-0.15, -0.1) is 11.3 Å². The molecule has 0 N–H and O–H groups in total. The molecule has 0 saturated heterocycles. The Morgan fingerprint density at radius 1 is 0.283 bits per heavy atom. The number of nitrogens with zero attached hydrogens (tertiary/aromatic N) is 1. The highest BCUT2D eigenvalue weighted by atomic mass is 32.1. The zero-order valence-electron chi connectivity index (χ0n) is 33.4. The van der Waals surface area contributed by atoms with Crippen LogP contribution < -0.4 is 4.90 Å². The van der Waals surface area contributed by atoms with Gasteiger partial charge < -0.3 is 4.90 Å². The van der Waals surface area contributed by atoms with E-state index in [1.165, 1.54) is 119 Å². The van der Waals surface area contributed by atoms with Crippen LogP contribution in [0.1, 0.15) is 11.1 Å². The topological polar surface area (TPSA) is 3.24 Å². The lowest BCUT2D eigenvalue weighted by Crippen LogP contribution is -2.12. The second-order valence-corrected chi connectivity index (χ2v) is 17.1. The lowest BCUT2D eigenvalue weighted by Gasteiger charge is -2.30. The van der Waals surface area contributed by atoms with Crippen molar-refractivity contribution in [2.45, 2.75) is 13.8 Å². The van der Waals surface area contributed by atoms with Crippen molar-refractivity contribution in [1.29, 1.82) is 0 Å². The molecule has 0 amide bonds. The fourth-order valence-corrected chi connectivity index (χ4v) is 11.2. The van der Waals surface area contributed by atoms with Gasteiger partial charge in [-0.1, -0.05) is 176 Å². The number of aryl methyl sites for hydroxylation is 2. The van der Waals surface area contributed by atoms with Crippen molar-refractivity contribution >= 4 is 102 Å². The minimum atomic E-state index is 1.15. The van der Waals surface area contributed by atoms with Crippen LogP contribution in [0.2, 0.25) is 0 Å². The maximum Gasteiger partial charge on any atom is 0.0540 e. The highest BCUT2D eigenvalue weighted by Gasteiger charge is 2.24. The molecule has 2 heteroatoms. The van der Waals surface area contributed by atoms with E-state index in [0.717, 1.165) is 5.69 Å². The number of thiophene rings is 1. The Hall–Kier alpha value is -7.26. The Kier molecular flexibility index (Phi) is 7.91. The van der Waals surface area contributed by atoms with Gasteiger partial charge in [0, 0.05) is 41.9 Å². The molecule has 0 radical (unpaired) electrons. The fraction of sp³-hybridized carbons (Fsp3) is 0.0345. The molecule has 0 aliphatic heterocycles. The summed E-state index contributed by atoms with van der Waals surface area (Å²) in [6, 6.07) is 74.4. The minimum absolute atomic E-state index is 1.15. The molecule has 0 unspecified atom stereocenters. The van der Waals surface area contributed by atoms with Gasteiger partial charge in [0.15, 0.2) is 0 Å². The van der Waals surface area contributed by atoms with E-state index in [4.69, 9.17) is 0 Å². The molecule has 1 aromatic heterocycles. The summed E-state index contributed by atoms with van der Waals surface area (Å²) in [6.45, 7) is 4.43. The summed E-state index contributed by atoms with van der Waals surface area (Å²) < 4.78 is 2.66. The first-order valence-corrected chi connectivity index (χ1v) is 21.6. The fourth-order valence-electron chi connectivity index (χ4n) is 10.00. The first kappa shape index (κ1) is 34.8. The van der Waals surface area contributed by atoms with Crippen molar-refractivity contribution in [3.63, 3.8) is 0 Å². The smallest absolute Gasteiger partial charge is 0.0540 e. The minimum Gasteiger partial charge on any atom is -0.309 e. The Labute approximate surface area is 353 Å². The molecule has 0 spiro atoms. The van der Waals surface area contributed by atoms with Gasteiger partial charge in [0.25, 0.3) is 0 Å². The lowest BCUT2D eigenvalue weighted by atomic mass is 9.84. The summed E-state index contributed by atoms with van der Waals surface area (Å²) >= 11 is 1.90. The summed E-state index contributed by atoms with van der Waals surface area (Å²) in [7, 11) is 0. The van der Waals surface area contributed by atoms with Crippen molar-refractivity contribution in [1.82, 2.24) is 0 Å². The van der Waals surface area contributed by atoms with Crippen molar-refractivity contribution < 1.29 is 0 Å². The molecular formula is C58H39NS. The zero-order valence-corrected chi connectivity index (χ0v) is 34.2. The lowest BCUT2D eigenvalue weighted by molar-refractivity contribution is 1.32. The first-order valence-electron chi connectivity index (χ1n) is 20.8. The molecule has 0 saturated carbocycles. The predicted octanol–water partition coefficient (Wildman–Crippen LogP) is 17.2. The molecule has 0 fully saturated rings. The quantitative estimate of drug-likeness (QED) is 0.157. The largest absolute Gasteiger partial charge is 0.309 e. The molecule has 282 valence electrons. The summed E-state index contributed by atoms with van der Waals surface area (Å²) in [6.07, 6.45) is 0. The first-order chi connectivity index (χ1) is 29.6. The Morgan fingerprint density at radius 2 is 0.667 bits per heavy atom. The van der Waals surface area contributed by atoms with Gasteiger partial charge >= 0.3 is 0 Å². The summed E-state index contributed by atoms with van der Waals surface area (Å²) in [4.78, 5) is 2.51. The molecule has 0 atom stereocenters. The molecule has 12 aromatic rings. The second kappa shape index (κ2) is 13.7. The van der Waals surface area contributed by atoms with Crippen LogP contribution in [0.4, 0.5) is 17.1 Å². The van der Waals surface area contributed by atoms with E-state index < -0.39 is 0 Å². The number of fused-ring (bicyclic) bond motifs is 8. The molecule has 0 aliphatic rings.